The van der Waals surface area contributed by atoms with Gasteiger partial charge in [-0.25, -0.2) is 5.43 Å². The molecule has 0 radical (unpaired) electrons. The van der Waals surface area contributed by atoms with E-state index in [2.05, 4.69) is 10.5 Å². The van der Waals surface area contributed by atoms with Crippen LogP contribution in [0.4, 0.5) is 0 Å². The smallest absolute Gasteiger partial charge is 0.307 e. The predicted octanol–water partition coefficient (Wildman–Crippen LogP) is 3.62. The summed E-state index contributed by atoms with van der Waals surface area (Å²) in [4.78, 5) is 12.4. The first-order valence-corrected chi connectivity index (χ1v) is 8.90. The van der Waals surface area contributed by atoms with Gasteiger partial charge in [-0.1, -0.05) is 0 Å². The summed E-state index contributed by atoms with van der Waals surface area (Å²) in [6.45, 7) is 2.47. The molecule has 152 valence electrons. The van der Waals surface area contributed by atoms with E-state index in [1.165, 1.54) is 27.5 Å². The van der Waals surface area contributed by atoms with E-state index in [0.29, 0.717) is 40.8 Å². The minimum Gasteiger partial charge on any atom is -0.494 e. The van der Waals surface area contributed by atoms with Crippen LogP contribution in [0.2, 0.25) is 0 Å². The monoisotopic (exact) mass is 398 g/mol. The Bertz CT molecular complexity index is 1040. The minimum absolute atomic E-state index is 0.144. The number of methoxy groups -OCH3 is 3. The Balaban J connectivity index is 1.77. The Morgan fingerprint density at radius 3 is 2.55 bits per heavy atom. The summed E-state index contributed by atoms with van der Waals surface area (Å²) in [7, 11) is 4.57. The standard InChI is InChI=1S/C21H22N2O6/c1-5-28-15-7-9-16-14(10-15)11-18(29-16)21(24)23-22-12-13-6-8-17(25-2)20(27-4)19(13)26-3/h6-12H,5H2,1-4H3,(H,23,24)/b22-12+. The highest BCUT2D eigenvalue weighted by molar-refractivity contribution is 5.97. The Hall–Kier alpha value is -3.68. The number of hydrogen-bond acceptors (Lipinski definition) is 7. The summed E-state index contributed by atoms with van der Waals surface area (Å²) in [5.41, 5.74) is 3.64. The summed E-state index contributed by atoms with van der Waals surface area (Å²) >= 11 is 0. The third-order valence-corrected chi connectivity index (χ3v) is 4.13. The van der Waals surface area contributed by atoms with Crippen molar-refractivity contribution in [1.82, 2.24) is 5.43 Å². The maximum Gasteiger partial charge on any atom is 0.307 e. The molecule has 0 saturated carbocycles. The largest absolute Gasteiger partial charge is 0.494 e. The molecule has 8 heteroatoms. The highest BCUT2D eigenvalue weighted by Crippen LogP contribution is 2.39. The molecule has 0 aliphatic rings. The summed E-state index contributed by atoms with van der Waals surface area (Å²) in [6, 6.07) is 10.5. The first-order chi connectivity index (χ1) is 14.1. The van der Waals surface area contributed by atoms with Crippen LogP contribution in [0.3, 0.4) is 0 Å². The molecule has 1 amide bonds. The van der Waals surface area contributed by atoms with Gasteiger partial charge in [0.25, 0.3) is 0 Å². The van der Waals surface area contributed by atoms with Gasteiger partial charge in [0.05, 0.1) is 34.2 Å². The van der Waals surface area contributed by atoms with Gasteiger partial charge in [-0.05, 0) is 43.3 Å². The molecular weight excluding hydrogens is 376 g/mol. The molecule has 0 unspecified atom stereocenters. The highest BCUT2D eigenvalue weighted by Gasteiger charge is 2.15. The number of nitrogens with zero attached hydrogens (tertiary/aromatic N) is 1. The van der Waals surface area contributed by atoms with Crippen LogP contribution in [0.15, 0.2) is 45.9 Å². The van der Waals surface area contributed by atoms with Crippen LogP contribution in [0.1, 0.15) is 23.0 Å². The van der Waals surface area contributed by atoms with E-state index in [-0.39, 0.29) is 5.76 Å². The van der Waals surface area contributed by atoms with Crippen molar-refractivity contribution >= 4 is 23.1 Å². The fourth-order valence-electron chi connectivity index (χ4n) is 2.83. The molecule has 0 bridgehead atoms. The fourth-order valence-corrected chi connectivity index (χ4v) is 2.83. The number of ether oxygens (including phenoxy) is 4. The second kappa shape index (κ2) is 9.01. The van der Waals surface area contributed by atoms with Crippen molar-refractivity contribution < 1.29 is 28.2 Å². The molecule has 0 aliphatic heterocycles. The number of rotatable bonds is 8. The van der Waals surface area contributed by atoms with Crippen molar-refractivity contribution in [3.8, 4) is 23.0 Å². The molecule has 0 atom stereocenters. The number of benzene rings is 2. The van der Waals surface area contributed by atoms with Crippen LogP contribution in [0.25, 0.3) is 11.0 Å². The van der Waals surface area contributed by atoms with Crippen molar-refractivity contribution in [3.05, 3.63) is 47.7 Å². The van der Waals surface area contributed by atoms with Crippen LogP contribution >= 0.6 is 0 Å². The molecule has 2 aromatic carbocycles. The van der Waals surface area contributed by atoms with Crippen molar-refractivity contribution in [1.29, 1.82) is 0 Å². The molecule has 8 nitrogen and oxygen atoms in total. The van der Waals surface area contributed by atoms with Gasteiger partial charge in [0.15, 0.2) is 17.3 Å². The van der Waals surface area contributed by atoms with Gasteiger partial charge < -0.3 is 23.4 Å². The van der Waals surface area contributed by atoms with E-state index in [9.17, 15) is 4.79 Å². The van der Waals surface area contributed by atoms with E-state index in [4.69, 9.17) is 23.4 Å². The number of carbonyl (C=O) groups excluding carboxylic acids is 1. The van der Waals surface area contributed by atoms with E-state index >= 15 is 0 Å². The van der Waals surface area contributed by atoms with Crippen LogP contribution in [0, 0.1) is 0 Å². The normalized spacial score (nSPS) is 10.9. The number of hydrogen-bond donors (Lipinski definition) is 1. The third kappa shape index (κ3) is 4.26. The van der Waals surface area contributed by atoms with Gasteiger partial charge in [0.2, 0.25) is 5.75 Å². The lowest BCUT2D eigenvalue weighted by Gasteiger charge is -2.13. The second-order valence-corrected chi connectivity index (χ2v) is 5.87. The van der Waals surface area contributed by atoms with E-state index in [1.807, 2.05) is 13.0 Å². The lowest BCUT2D eigenvalue weighted by Crippen LogP contribution is -2.16. The van der Waals surface area contributed by atoms with Gasteiger partial charge in [0, 0.05) is 10.9 Å². The summed E-state index contributed by atoms with van der Waals surface area (Å²) in [5.74, 6) is 1.79. The molecule has 0 saturated heterocycles. The van der Waals surface area contributed by atoms with Gasteiger partial charge >= 0.3 is 5.91 Å². The number of amides is 1. The molecule has 3 rings (SSSR count). The lowest BCUT2D eigenvalue weighted by molar-refractivity contribution is 0.0929. The molecular formula is C21H22N2O6. The fraction of sp³-hybridized carbons (Fsp3) is 0.238. The number of carbonyl (C=O) groups is 1. The quantitative estimate of drug-likeness (QED) is 0.460. The average molecular weight is 398 g/mol. The van der Waals surface area contributed by atoms with Crippen molar-refractivity contribution in [2.24, 2.45) is 5.10 Å². The second-order valence-electron chi connectivity index (χ2n) is 5.87. The Morgan fingerprint density at radius 1 is 1.07 bits per heavy atom. The predicted molar refractivity (Wildman–Crippen MR) is 109 cm³/mol. The zero-order valence-electron chi connectivity index (χ0n) is 16.6. The molecule has 0 aliphatic carbocycles. The Kier molecular flexibility index (Phi) is 6.23. The number of hydrazone groups is 1. The SMILES string of the molecule is CCOc1ccc2oc(C(=O)N/N=C/c3ccc(OC)c(OC)c3OC)cc2c1. The van der Waals surface area contributed by atoms with Gasteiger partial charge in [-0.2, -0.15) is 5.10 Å². The first kappa shape index (κ1) is 20.1. The van der Waals surface area contributed by atoms with E-state index < -0.39 is 5.91 Å². The maximum absolute atomic E-state index is 12.4. The maximum atomic E-state index is 12.4. The molecule has 29 heavy (non-hydrogen) atoms. The van der Waals surface area contributed by atoms with Crippen molar-refractivity contribution in [2.45, 2.75) is 6.92 Å². The highest BCUT2D eigenvalue weighted by atomic mass is 16.5. The molecule has 1 aromatic heterocycles. The van der Waals surface area contributed by atoms with E-state index in [1.54, 1.807) is 30.3 Å². The lowest BCUT2D eigenvalue weighted by atomic mass is 10.2. The van der Waals surface area contributed by atoms with Crippen LogP contribution in [-0.4, -0.2) is 40.1 Å². The van der Waals surface area contributed by atoms with Crippen LogP contribution in [0.5, 0.6) is 23.0 Å². The molecule has 0 fully saturated rings. The first-order valence-electron chi connectivity index (χ1n) is 8.90. The molecule has 3 aromatic rings. The van der Waals surface area contributed by atoms with Crippen molar-refractivity contribution in [2.75, 3.05) is 27.9 Å². The van der Waals surface area contributed by atoms with Gasteiger partial charge in [-0.15, -0.1) is 0 Å². The number of fused-ring (bicyclic) bond motifs is 1. The van der Waals surface area contributed by atoms with Crippen LogP contribution in [-0.2, 0) is 0 Å². The third-order valence-electron chi connectivity index (χ3n) is 4.13. The topological polar surface area (TPSA) is 91.5 Å². The summed E-state index contributed by atoms with van der Waals surface area (Å²) in [6.07, 6.45) is 1.45. The van der Waals surface area contributed by atoms with Crippen LogP contribution < -0.4 is 24.4 Å². The van der Waals surface area contributed by atoms with Crippen molar-refractivity contribution in [3.63, 3.8) is 0 Å². The Morgan fingerprint density at radius 2 is 1.86 bits per heavy atom. The number of furan rings is 1. The summed E-state index contributed by atoms with van der Waals surface area (Å²) in [5, 5.41) is 4.76. The summed E-state index contributed by atoms with van der Waals surface area (Å²) < 4.78 is 27.0. The molecule has 1 N–H and O–H groups in total. The minimum atomic E-state index is -0.477. The zero-order chi connectivity index (χ0) is 20.8. The average Bonchev–Trinajstić information content (AvgIpc) is 3.16. The number of nitrogens with one attached hydrogen (secondary N) is 1. The molecule has 0 spiro atoms. The van der Waals surface area contributed by atoms with E-state index in [0.717, 1.165) is 5.39 Å². The van der Waals surface area contributed by atoms with Gasteiger partial charge in [-0.3, -0.25) is 4.79 Å². The Labute approximate surface area is 168 Å². The zero-order valence-corrected chi connectivity index (χ0v) is 16.6. The molecule has 1 heterocycles. The van der Waals surface area contributed by atoms with Gasteiger partial charge in [0.1, 0.15) is 11.3 Å².